The monoisotopic (exact) mass is 415 g/mol. The normalized spacial score (nSPS) is 10.5. The van der Waals surface area contributed by atoms with Gasteiger partial charge in [0.2, 0.25) is 5.88 Å². The van der Waals surface area contributed by atoms with Crippen molar-refractivity contribution in [2.45, 2.75) is 13.5 Å². The molecular formula is C24H21N3O4. The standard InChI is InChI=1S/C24H21N3O4/c1-16-9-10-21(30-16)15-25-24(28)18-6-3-5-17(13-18)22-11-12-23(27-26-22)31-20-8-4-7-19(14-20)29-2/h3-14H,15H2,1-2H3,(H,25,28). The van der Waals surface area contributed by atoms with Crippen molar-refractivity contribution in [3.8, 4) is 28.6 Å². The third-order valence-corrected chi connectivity index (χ3v) is 4.54. The Labute approximate surface area is 179 Å². The number of methoxy groups -OCH3 is 1. The summed E-state index contributed by atoms with van der Waals surface area (Å²) in [6.45, 7) is 2.19. The fourth-order valence-corrected chi connectivity index (χ4v) is 2.98. The predicted octanol–water partition coefficient (Wildman–Crippen LogP) is 4.78. The number of carbonyl (C=O) groups is 1. The number of hydrogen-bond donors (Lipinski definition) is 1. The van der Waals surface area contributed by atoms with Gasteiger partial charge in [-0.25, -0.2) is 0 Å². The summed E-state index contributed by atoms with van der Waals surface area (Å²) in [5.41, 5.74) is 1.94. The van der Waals surface area contributed by atoms with E-state index in [0.717, 1.165) is 11.3 Å². The first-order chi connectivity index (χ1) is 15.1. The highest BCUT2D eigenvalue weighted by Crippen LogP contribution is 2.25. The summed E-state index contributed by atoms with van der Waals surface area (Å²) >= 11 is 0. The molecule has 0 atom stereocenters. The number of ether oxygens (including phenoxy) is 2. The number of hydrogen-bond acceptors (Lipinski definition) is 6. The number of aryl methyl sites for hydroxylation is 1. The minimum atomic E-state index is -0.193. The summed E-state index contributed by atoms with van der Waals surface area (Å²) in [6, 6.07) is 21.7. The van der Waals surface area contributed by atoms with Crippen LogP contribution in [0.3, 0.4) is 0 Å². The molecule has 0 saturated carbocycles. The Morgan fingerprint density at radius 2 is 1.81 bits per heavy atom. The van der Waals surface area contributed by atoms with Crippen LogP contribution in [0.4, 0.5) is 0 Å². The smallest absolute Gasteiger partial charge is 0.251 e. The molecule has 0 spiro atoms. The van der Waals surface area contributed by atoms with E-state index in [0.29, 0.717) is 40.9 Å². The number of furan rings is 1. The van der Waals surface area contributed by atoms with Crippen LogP contribution in [0, 0.1) is 6.92 Å². The van der Waals surface area contributed by atoms with Gasteiger partial charge in [-0.3, -0.25) is 4.79 Å². The summed E-state index contributed by atoms with van der Waals surface area (Å²) in [4.78, 5) is 12.5. The maximum Gasteiger partial charge on any atom is 0.251 e. The summed E-state index contributed by atoms with van der Waals surface area (Å²) in [6.07, 6.45) is 0. The van der Waals surface area contributed by atoms with Gasteiger partial charge in [0.15, 0.2) is 0 Å². The largest absolute Gasteiger partial charge is 0.497 e. The lowest BCUT2D eigenvalue weighted by molar-refractivity contribution is 0.0948. The molecule has 4 aromatic rings. The lowest BCUT2D eigenvalue weighted by Crippen LogP contribution is -2.22. The molecule has 0 radical (unpaired) electrons. The fraction of sp³-hybridized carbons (Fsp3) is 0.125. The summed E-state index contributed by atoms with van der Waals surface area (Å²) in [5, 5.41) is 11.2. The van der Waals surface area contributed by atoms with E-state index in [-0.39, 0.29) is 5.91 Å². The first-order valence-electron chi connectivity index (χ1n) is 9.70. The maximum atomic E-state index is 12.5. The van der Waals surface area contributed by atoms with Gasteiger partial charge in [0.05, 0.1) is 19.3 Å². The highest BCUT2D eigenvalue weighted by molar-refractivity contribution is 5.95. The van der Waals surface area contributed by atoms with Gasteiger partial charge in [-0.1, -0.05) is 18.2 Å². The zero-order valence-corrected chi connectivity index (χ0v) is 17.2. The lowest BCUT2D eigenvalue weighted by atomic mass is 10.1. The van der Waals surface area contributed by atoms with Crippen molar-refractivity contribution in [2.24, 2.45) is 0 Å². The van der Waals surface area contributed by atoms with Gasteiger partial charge in [0.1, 0.15) is 23.0 Å². The SMILES string of the molecule is COc1cccc(Oc2ccc(-c3cccc(C(=O)NCc4ccc(C)o4)c3)nn2)c1. The van der Waals surface area contributed by atoms with Gasteiger partial charge in [0.25, 0.3) is 5.91 Å². The van der Waals surface area contributed by atoms with Gasteiger partial charge < -0.3 is 19.2 Å². The molecule has 1 N–H and O–H groups in total. The van der Waals surface area contributed by atoms with Crippen LogP contribution in [0.2, 0.25) is 0 Å². The molecule has 2 aromatic carbocycles. The number of nitrogens with one attached hydrogen (secondary N) is 1. The van der Waals surface area contributed by atoms with Crippen LogP contribution in [0.25, 0.3) is 11.3 Å². The fourth-order valence-electron chi connectivity index (χ4n) is 2.98. The van der Waals surface area contributed by atoms with Gasteiger partial charge in [-0.05, 0) is 49.4 Å². The first kappa shape index (κ1) is 20.2. The van der Waals surface area contributed by atoms with E-state index in [1.54, 1.807) is 37.4 Å². The van der Waals surface area contributed by atoms with Crippen LogP contribution in [-0.4, -0.2) is 23.2 Å². The molecule has 2 aromatic heterocycles. The molecule has 4 rings (SSSR count). The summed E-state index contributed by atoms with van der Waals surface area (Å²) in [7, 11) is 1.60. The van der Waals surface area contributed by atoms with E-state index < -0.39 is 0 Å². The molecule has 1 amide bonds. The van der Waals surface area contributed by atoms with Gasteiger partial charge in [-0.2, -0.15) is 0 Å². The zero-order chi connectivity index (χ0) is 21.6. The molecular weight excluding hydrogens is 394 g/mol. The van der Waals surface area contributed by atoms with Crippen molar-refractivity contribution in [3.05, 3.63) is 89.9 Å². The average Bonchev–Trinajstić information content (AvgIpc) is 3.23. The molecule has 156 valence electrons. The van der Waals surface area contributed by atoms with E-state index in [9.17, 15) is 4.79 Å². The minimum Gasteiger partial charge on any atom is -0.497 e. The van der Waals surface area contributed by atoms with Crippen LogP contribution in [0.1, 0.15) is 21.9 Å². The molecule has 0 unspecified atom stereocenters. The van der Waals surface area contributed by atoms with Crippen LogP contribution in [-0.2, 0) is 6.54 Å². The second-order valence-electron chi connectivity index (χ2n) is 6.81. The number of aromatic nitrogens is 2. The van der Waals surface area contributed by atoms with Gasteiger partial charge in [-0.15, -0.1) is 10.2 Å². The number of carbonyl (C=O) groups excluding carboxylic acids is 1. The number of rotatable bonds is 7. The highest BCUT2D eigenvalue weighted by atomic mass is 16.5. The van der Waals surface area contributed by atoms with Gasteiger partial charge in [0, 0.05) is 23.3 Å². The quantitative estimate of drug-likeness (QED) is 0.468. The molecule has 0 aliphatic heterocycles. The van der Waals surface area contributed by atoms with Crippen LogP contribution < -0.4 is 14.8 Å². The third-order valence-electron chi connectivity index (χ3n) is 4.54. The third kappa shape index (κ3) is 5.08. The Morgan fingerprint density at radius 1 is 0.968 bits per heavy atom. The average molecular weight is 415 g/mol. The van der Waals surface area contributed by atoms with Crippen LogP contribution in [0.15, 0.2) is 77.2 Å². The molecule has 0 bridgehead atoms. The van der Waals surface area contributed by atoms with Crippen LogP contribution in [0.5, 0.6) is 17.4 Å². The number of nitrogens with zero attached hydrogens (tertiary/aromatic N) is 2. The molecule has 0 aliphatic rings. The van der Waals surface area contributed by atoms with E-state index >= 15 is 0 Å². The zero-order valence-electron chi connectivity index (χ0n) is 17.2. The van der Waals surface area contributed by atoms with Crippen molar-refractivity contribution >= 4 is 5.91 Å². The van der Waals surface area contributed by atoms with Crippen molar-refractivity contribution in [1.29, 1.82) is 0 Å². The Bertz CT molecular complexity index is 1190. The maximum absolute atomic E-state index is 12.5. The van der Waals surface area contributed by atoms with Crippen molar-refractivity contribution < 1.29 is 18.7 Å². The summed E-state index contributed by atoms with van der Waals surface area (Å²) < 4.78 is 16.4. The molecule has 7 nitrogen and oxygen atoms in total. The molecule has 31 heavy (non-hydrogen) atoms. The van der Waals surface area contributed by atoms with Crippen molar-refractivity contribution in [2.75, 3.05) is 7.11 Å². The second-order valence-corrected chi connectivity index (χ2v) is 6.81. The minimum absolute atomic E-state index is 0.193. The van der Waals surface area contributed by atoms with Gasteiger partial charge >= 0.3 is 0 Å². The molecule has 0 fully saturated rings. The Morgan fingerprint density at radius 3 is 2.55 bits per heavy atom. The molecule has 7 heteroatoms. The topological polar surface area (TPSA) is 86.5 Å². The summed E-state index contributed by atoms with van der Waals surface area (Å²) in [5.74, 6) is 2.98. The Hall–Kier alpha value is -4.13. The molecule has 0 aliphatic carbocycles. The Balaban J connectivity index is 1.43. The lowest BCUT2D eigenvalue weighted by Gasteiger charge is -2.08. The predicted molar refractivity (Wildman–Crippen MR) is 115 cm³/mol. The molecule has 2 heterocycles. The van der Waals surface area contributed by atoms with E-state index in [4.69, 9.17) is 13.9 Å². The number of benzene rings is 2. The van der Waals surface area contributed by atoms with Crippen molar-refractivity contribution in [3.63, 3.8) is 0 Å². The van der Waals surface area contributed by atoms with Crippen LogP contribution >= 0.6 is 0 Å². The first-order valence-corrected chi connectivity index (χ1v) is 9.70. The Kier molecular flexibility index (Phi) is 5.93. The molecule has 0 saturated heterocycles. The van der Waals surface area contributed by atoms with E-state index in [1.807, 2.05) is 49.4 Å². The highest BCUT2D eigenvalue weighted by Gasteiger charge is 2.10. The van der Waals surface area contributed by atoms with E-state index in [2.05, 4.69) is 15.5 Å². The second kappa shape index (κ2) is 9.13. The van der Waals surface area contributed by atoms with Crippen molar-refractivity contribution in [1.82, 2.24) is 15.5 Å². The number of amides is 1. The van der Waals surface area contributed by atoms with E-state index in [1.165, 1.54) is 0 Å².